The van der Waals surface area contributed by atoms with Crippen LogP contribution in [-0.2, 0) is 14.9 Å². The highest BCUT2D eigenvalue weighted by molar-refractivity contribution is 6.32. The monoisotopic (exact) mass is 511 g/mol. The molecule has 0 aliphatic carbocycles. The number of furan rings is 1. The van der Waals surface area contributed by atoms with E-state index in [1.54, 1.807) is 31.6 Å². The minimum atomic E-state index is -0.455. The van der Waals surface area contributed by atoms with Crippen molar-refractivity contribution in [2.75, 3.05) is 39.9 Å². The van der Waals surface area contributed by atoms with Gasteiger partial charge in [-0.2, -0.15) is 0 Å². The first-order valence-corrected chi connectivity index (χ1v) is 12.7. The Morgan fingerprint density at radius 3 is 2.58 bits per heavy atom. The van der Waals surface area contributed by atoms with Crippen LogP contribution < -0.4 is 5.32 Å². The van der Waals surface area contributed by atoms with E-state index < -0.39 is 5.41 Å². The molecule has 0 unspecified atom stereocenters. The zero-order valence-electron chi connectivity index (χ0n) is 21.1. The molecule has 1 amide bonds. The number of hydrogen-bond donors (Lipinski definition) is 2. The molecule has 1 aromatic carbocycles. The Kier molecular flexibility index (Phi) is 8.34. The number of benzene rings is 1. The molecule has 3 heterocycles. The van der Waals surface area contributed by atoms with Gasteiger partial charge in [-0.15, -0.1) is 0 Å². The summed E-state index contributed by atoms with van der Waals surface area (Å²) in [7, 11) is 1.71. The first-order chi connectivity index (χ1) is 17.3. The van der Waals surface area contributed by atoms with Crippen molar-refractivity contribution in [2.45, 2.75) is 32.1 Å². The van der Waals surface area contributed by atoms with Crippen molar-refractivity contribution in [1.29, 1.82) is 0 Å². The topological polar surface area (TPSA) is 87.8 Å². The maximum Gasteiger partial charge on any atom is 0.223 e. The Labute approximate surface area is 217 Å². The largest absolute Gasteiger partial charge is 0.506 e. The number of amides is 1. The van der Waals surface area contributed by atoms with E-state index in [9.17, 15) is 9.90 Å². The van der Waals surface area contributed by atoms with E-state index >= 15 is 0 Å². The number of pyridine rings is 1. The molecule has 36 heavy (non-hydrogen) atoms. The molecule has 0 saturated carbocycles. The second-order valence-electron chi connectivity index (χ2n) is 9.97. The van der Waals surface area contributed by atoms with Crippen LogP contribution in [0.1, 0.15) is 32.4 Å². The van der Waals surface area contributed by atoms with Gasteiger partial charge in [0, 0.05) is 55.1 Å². The van der Waals surface area contributed by atoms with Crippen LogP contribution in [0.5, 0.6) is 5.75 Å². The number of rotatable bonds is 9. The first kappa shape index (κ1) is 26.2. The number of aromatic hydroxyl groups is 1. The maximum atomic E-state index is 12.9. The summed E-state index contributed by atoms with van der Waals surface area (Å²) < 4.78 is 11.6. The highest BCUT2D eigenvalue weighted by Crippen LogP contribution is 2.40. The molecule has 192 valence electrons. The number of nitrogens with one attached hydrogen (secondary N) is 1. The molecule has 1 fully saturated rings. The standard InChI is InChI=1S/C28H34ClN3O4/c1-28(2,18-31-27(34)20-8-12-32(13-9-20)14-15-35-3)25-17-22(21-4-5-23(29)24(33)16-21)26(36-25)19-6-10-30-11-7-19/h4-7,10-11,16-17,20,33H,8-9,12-15,18H2,1-3H3,(H,31,34). The minimum absolute atomic E-state index is 0.0115. The molecule has 0 spiro atoms. The quantitative estimate of drug-likeness (QED) is 0.414. The molecule has 0 bridgehead atoms. The average molecular weight is 512 g/mol. The summed E-state index contributed by atoms with van der Waals surface area (Å²) in [5, 5.41) is 13.6. The Hall–Kier alpha value is -2.87. The van der Waals surface area contributed by atoms with Gasteiger partial charge in [0.15, 0.2) is 0 Å². The van der Waals surface area contributed by atoms with Crippen molar-refractivity contribution in [3.63, 3.8) is 0 Å². The van der Waals surface area contributed by atoms with Crippen molar-refractivity contribution in [2.24, 2.45) is 5.92 Å². The number of halogens is 1. The third-order valence-corrected chi connectivity index (χ3v) is 7.19. The lowest BCUT2D eigenvalue weighted by molar-refractivity contribution is -0.126. The summed E-state index contributed by atoms with van der Waals surface area (Å²) in [6.07, 6.45) is 5.14. The zero-order chi connectivity index (χ0) is 25.7. The van der Waals surface area contributed by atoms with E-state index in [4.69, 9.17) is 20.8 Å². The fraction of sp³-hybridized carbons (Fsp3) is 0.429. The molecule has 1 aliphatic rings. The molecule has 2 aromatic heterocycles. The second kappa shape index (κ2) is 11.5. The van der Waals surface area contributed by atoms with Crippen LogP contribution in [0.15, 0.2) is 53.2 Å². The number of nitrogens with zero attached hydrogens (tertiary/aromatic N) is 2. The number of likely N-dealkylation sites (tertiary alicyclic amines) is 1. The molecule has 1 aliphatic heterocycles. The molecule has 7 nitrogen and oxygen atoms in total. The normalized spacial score (nSPS) is 15.2. The van der Waals surface area contributed by atoms with Crippen LogP contribution >= 0.6 is 11.6 Å². The van der Waals surface area contributed by atoms with E-state index in [-0.39, 0.29) is 17.6 Å². The SMILES string of the molecule is COCCN1CCC(C(=O)NCC(C)(C)c2cc(-c3ccc(Cl)c(O)c3)c(-c3ccncc3)o2)CC1. The zero-order valence-corrected chi connectivity index (χ0v) is 21.8. The van der Waals surface area contributed by atoms with Gasteiger partial charge < -0.3 is 24.5 Å². The number of piperidine rings is 1. The highest BCUT2D eigenvalue weighted by atomic mass is 35.5. The molecule has 2 N–H and O–H groups in total. The smallest absolute Gasteiger partial charge is 0.223 e. The number of phenolic OH excluding ortho intramolecular Hbond substituents is 1. The number of aromatic nitrogens is 1. The fourth-order valence-corrected chi connectivity index (χ4v) is 4.63. The Balaban J connectivity index is 1.50. The summed E-state index contributed by atoms with van der Waals surface area (Å²) in [6, 6.07) is 10.9. The van der Waals surface area contributed by atoms with E-state index in [0.29, 0.717) is 23.9 Å². The molecule has 0 atom stereocenters. The van der Waals surface area contributed by atoms with Gasteiger partial charge in [-0.1, -0.05) is 31.5 Å². The number of ether oxygens (including phenoxy) is 1. The highest BCUT2D eigenvalue weighted by Gasteiger charge is 2.31. The summed E-state index contributed by atoms with van der Waals surface area (Å²) in [5.74, 6) is 1.55. The van der Waals surface area contributed by atoms with Crippen molar-refractivity contribution >= 4 is 17.5 Å². The summed E-state index contributed by atoms with van der Waals surface area (Å²) in [5.41, 5.74) is 2.05. The van der Waals surface area contributed by atoms with E-state index in [1.165, 1.54) is 0 Å². The van der Waals surface area contributed by atoms with Gasteiger partial charge in [0.1, 0.15) is 17.3 Å². The van der Waals surface area contributed by atoms with Gasteiger partial charge in [-0.05, 0) is 61.8 Å². The van der Waals surface area contributed by atoms with E-state index in [0.717, 1.165) is 54.9 Å². The van der Waals surface area contributed by atoms with Gasteiger partial charge in [-0.3, -0.25) is 9.78 Å². The Morgan fingerprint density at radius 1 is 1.19 bits per heavy atom. The number of carbonyl (C=O) groups excluding carboxylic acids is 1. The third-order valence-electron chi connectivity index (χ3n) is 6.87. The first-order valence-electron chi connectivity index (χ1n) is 12.3. The molecular weight excluding hydrogens is 478 g/mol. The van der Waals surface area contributed by atoms with Crippen molar-refractivity contribution in [1.82, 2.24) is 15.2 Å². The van der Waals surface area contributed by atoms with Crippen LogP contribution in [-0.4, -0.2) is 60.8 Å². The fourth-order valence-electron chi connectivity index (χ4n) is 4.52. The third kappa shape index (κ3) is 6.09. The number of methoxy groups -OCH3 is 1. The van der Waals surface area contributed by atoms with Crippen LogP contribution in [0, 0.1) is 5.92 Å². The number of carbonyl (C=O) groups is 1. The molecular formula is C28H34ClN3O4. The van der Waals surface area contributed by atoms with Gasteiger partial charge in [0.05, 0.1) is 11.6 Å². The molecule has 8 heteroatoms. The van der Waals surface area contributed by atoms with Gasteiger partial charge in [0.2, 0.25) is 5.91 Å². The van der Waals surface area contributed by atoms with Gasteiger partial charge >= 0.3 is 0 Å². The predicted molar refractivity (Wildman–Crippen MR) is 141 cm³/mol. The average Bonchev–Trinajstić information content (AvgIpc) is 3.35. The Morgan fingerprint density at radius 2 is 1.92 bits per heavy atom. The Bertz CT molecular complexity index is 1170. The van der Waals surface area contributed by atoms with E-state index in [1.807, 2.05) is 24.3 Å². The molecule has 0 radical (unpaired) electrons. The second-order valence-corrected chi connectivity index (χ2v) is 10.4. The lowest BCUT2D eigenvalue weighted by Crippen LogP contribution is -2.44. The number of phenols is 1. The van der Waals surface area contributed by atoms with Crippen LogP contribution in [0.2, 0.25) is 5.02 Å². The lowest BCUT2D eigenvalue weighted by atomic mass is 9.88. The van der Waals surface area contributed by atoms with Crippen molar-refractivity contribution in [3.8, 4) is 28.2 Å². The van der Waals surface area contributed by atoms with Crippen LogP contribution in [0.3, 0.4) is 0 Å². The lowest BCUT2D eigenvalue weighted by Gasteiger charge is -2.31. The van der Waals surface area contributed by atoms with E-state index in [2.05, 4.69) is 29.0 Å². The summed E-state index contributed by atoms with van der Waals surface area (Å²) in [4.78, 5) is 19.4. The minimum Gasteiger partial charge on any atom is -0.506 e. The maximum absolute atomic E-state index is 12.9. The number of hydrogen-bond acceptors (Lipinski definition) is 6. The summed E-state index contributed by atoms with van der Waals surface area (Å²) >= 11 is 6.04. The summed E-state index contributed by atoms with van der Waals surface area (Å²) in [6.45, 7) is 8.00. The van der Waals surface area contributed by atoms with Crippen LogP contribution in [0.25, 0.3) is 22.5 Å². The molecule has 1 saturated heterocycles. The molecule has 3 aromatic rings. The van der Waals surface area contributed by atoms with Gasteiger partial charge in [0.25, 0.3) is 0 Å². The van der Waals surface area contributed by atoms with Gasteiger partial charge in [-0.25, -0.2) is 0 Å². The van der Waals surface area contributed by atoms with Crippen molar-refractivity contribution in [3.05, 3.63) is 59.6 Å². The predicted octanol–water partition coefficient (Wildman–Crippen LogP) is 5.12. The van der Waals surface area contributed by atoms with Crippen LogP contribution in [0.4, 0.5) is 0 Å². The molecule has 4 rings (SSSR count). The van der Waals surface area contributed by atoms with Crippen molar-refractivity contribution < 1.29 is 19.1 Å².